The smallest absolute Gasteiger partial charge is 0.173 e. The van der Waals surface area contributed by atoms with E-state index in [9.17, 15) is 4.79 Å². The quantitative estimate of drug-likeness (QED) is 0.615. The molecule has 0 amide bonds. The zero-order valence-electron chi connectivity index (χ0n) is 9.42. The molecular formula is C11H9BrN2O2S2. The third-order valence-corrected chi connectivity index (χ3v) is 4.56. The van der Waals surface area contributed by atoms with Gasteiger partial charge in [0.2, 0.25) is 0 Å². The number of carbonyl (C=O) groups is 1. The number of hydrogen-bond donors (Lipinski definition) is 0. The molecule has 18 heavy (non-hydrogen) atoms. The number of ketones is 1. The molecule has 2 aromatic rings. The van der Waals surface area contributed by atoms with Crippen molar-refractivity contribution in [3.8, 4) is 5.75 Å². The van der Waals surface area contributed by atoms with Gasteiger partial charge < -0.3 is 4.74 Å². The molecule has 0 aliphatic carbocycles. The van der Waals surface area contributed by atoms with Crippen LogP contribution in [-0.2, 0) is 0 Å². The topological polar surface area (TPSA) is 52.1 Å². The van der Waals surface area contributed by atoms with Gasteiger partial charge in [-0.2, -0.15) is 4.37 Å². The van der Waals surface area contributed by atoms with Gasteiger partial charge in [-0.05, 0) is 45.7 Å². The van der Waals surface area contributed by atoms with Crippen molar-refractivity contribution in [3.05, 3.63) is 34.6 Å². The third-order valence-electron chi connectivity index (χ3n) is 2.14. The fourth-order valence-electron chi connectivity index (χ4n) is 1.28. The van der Waals surface area contributed by atoms with E-state index in [-0.39, 0.29) is 5.78 Å². The van der Waals surface area contributed by atoms with E-state index in [1.54, 1.807) is 25.3 Å². The van der Waals surface area contributed by atoms with Crippen LogP contribution >= 0.6 is 39.2 Å². The van der Waals surface area contributed by atoms with Crippen molar-refractivity contribution in [1.29, 1.82) is 0 Å². The number of rotatable bonds is 5. The molecule has 1 aromatic carbocycles. The highest BCUT2D eigenvalue weighted by molar-refractivity contribution is 9.10. The molecule has 1 aromatic heterocycles. The van der Waals surface area contributed by atoms with Crippen LogP contribution in [0.15, 0.2) is 33.3 Å². The number of hydrogen-bond acceptors (Lipinski definition) is 6. The first kappa shape index (κ1) is 13.5. The summed E-state index contributed by atoms with van der Waals surface area (Å²) >= 11 is 6.05. The van der Waals surface area contributed by atoms with Crippen LogP contribution in [0.2, 0.25) is 0 Å². The molecule has 2 rings (SSSR count). The number of halogens is 1. The fraction of sp³-hybridized carbons (Fsp3) is 0.182. The first-order valence-corrected chi connectivity index (χ1v) is 7.52. The molecule has 0 radical (unpaired) electrons. The van der Waals surface area contributed by atoms with Gasteiger partial charge >= 0.3 is 0 Å². The minimum atomic E-state index is 0.0542. The van der Waals surface area contributed by atoms with Gasteiger partial charge in [0.25, 0.3) is 0 Å². The van der Waals surface area contributed by atoms with E-state index in [0.29, 0.717) is 17.1 Å². The highest BCUT2D eigenvalue weighted by atomic mass is 79.9. The van der Waals surface area contributed by atoms with Crippen LogP contribution in [-0.4, -0.2) is 28.0 Å². The van der Waals surface area contributed by atoms with Crippen LogP contribution < -0.4 is 4.74 Å². The fourth-order valence-corrected chi connectivity index (χ4v) is 3.16. The van der Waals surface area contributed by atoms with Crippen LogP contribution in [0.5, 0.6) is 5.75 Å². The van der Waals surface area contributed by atoms with Gasteiger partial charge in [0.1, 0.15) is 12.1 Å². The van der Waals surface area contributed by atoms with E-state index >= 15 is 0 Å². The normalized spacial score (nSPS) is 10.3. The first-order chi connectivity index (χ1) is 8.70. The van der Waals surface area contributed by atoms with Gasteiger partial charge in [0, 0.05) is 5.56 Å². The van der Waals surface area contributed by atoms with E-state index in [1.165, 1.54) is 29.6 Å². The van der Waals surface area contributed by atoms with Crippen molar-refractivity contribution in [3.63, 3.8) is 0 Å². The summed E-state index contributed by atoms with van der Waals surface area (Å²) < 4.78 is 10.6. The number of ether oxygens (including phenoxy) is 1. The van der Waals surface area contributed by atoms with E-state index in [2.05, 4.69) is 25.3 Å². The first-order valence-electron chi connectivity index (χ1n) is 4.97. The number of thioether (sulfide) groups is 1. The summed E-state index contributed by atoms with van der Waals surface area (Å²) in [5, 5.41) is 0. The number of methoxy groups -OCH3 is 1. The van der Waals surface area contributed by atoms with Gasteiger partial charge in [0.15, 0.2) is 10.1 Å². The molecule has 0 fully saturated rings. The van der Waals surface area contributed by atoms with E-state index < -0.39 is 0 Å². The van der Waals surface area contributed by atoms with Crippen LogP contribution in [0.4, 0.5) is 0 Å². The molecule has 0 N–H and O–H groups in total. The minimum absolute atomic E-state index is 0.0542. The lowest BCUT2D eigenvalue weighted by Gasteiger charge is -2.05. The minimum Gasteiger partial charge on any atom is -0.496 e. The van der Waals surface area contributed by atoms with Crippen LogP contribution in [0.3, 0.4) is 0 Å². The second kappa shape index (κ2) is 6.31. The Morgan fingerprint density at radius 1 is 1.56 bits per heavy atom. The maximum Gasteiger partial charge on any atom is 0.173 e. The zero-order chi connectivity index (χ0) is 13.0. The summed E-state index contributed by atoms with van der Waals surface area (Å²) in [7, 11) is 1.59. The van der Waals surface area contributed by atoms with Crippen molar-refractivity contribution in [2.24, 2.45) is 0 Å². The van der Waals surface area contributed by atoms with Crippen LogP contribution in [0, 0.1) is 0 Å². The highest BCUT2D eigenvalue weighted by Gasteiger charge is 2.10. The maximum absolute atomic E-state index is 12.0. The Balaban J connectivity index is 2.02. The van der Waals surface area contributed by atoms with E-state index in [1.807, 2.05) is 0 Å². The standard InChI is InChI=1S/C11H9BrN2O2S2/c1-16-10-3-2-7(4-8(10)12)9(15)5-17-11-13-6-14-18-11/h2-4,6H,5H2,1H3. The zero-order valence-corrected chi connectivity index (χ0v) is 12.6. The Hall–Kier alpha value is -0.920. The number of nitrogens with zero attached hydrogens (tertiary/aromatic N) is 2. The van der Waals surface area contributed by atoms with Crippen molar-refractivity contribution in [2.75, 3.05) is 12.9 Å². The Morgan fingerprint density at radius 3 is 3.00 bits per heavy atom. The second-order valence-electron chi connectivity index (χ2n) is 3.27. The molecule has 0 atom stereocenters. The average Bonchev–Trinajstić information content (AvgIpc) is 2.89. The predicted molar refractivity (Wildman–Crippen MR) is 75.7 cm³/mol. The summed E-state index contributed by atoms with van der Waals surface area (Å²) in [6.45, 7) is 0. The van der Waals surface area contributed by atoms with Gasteiger partial charge in [-0.3, -0.25) is 4.79 Å². The van der Waals surface area contributed by atoms with Crippen molar-refractivity contribution in [2.45, 2.75) is 4.34 Å². The number of benzene rings is 1. The number of Topliss-reactive ketones (excluding diaryl/α,β-unsaturated/α-hetero) is 1. The Kier molecular flexibility index (Phi) is 4.73. The summed E-state index contributed by atoms with van der Waals surface area (Å²) in [5.74, 6) is 1.12. The summed E-state index contributed by atoms with van der Waals surface area (Å²) in [4.78, 5) is 16.0. The molecule has 0 saturated carbocycles. The lowest BCUT2D eigenvalue weighted by atomic mass is 10.1. The highest BCUT2D eigenvalue weighted by Crippen LogP contribution is 2.27. The summed E-state index contributed by atoms with van der Waals surface area (Å²) in [6, 6.07) is 5.29. The van der Waals surface area contributed by atoms with E-state index in [0.717, 1.165) is 8.81 Å². The average molecular weight is 345 g/mol. The molecule has 1 heterocycles. The Morgan fingerprint density at radius 2 is 2.39 bits per heavy atom. The lowest BCUT2D eigenvalue weighted by molar-refractivity contribution is 0.102. The van der Waals surface area contributed by atoms with Gasteiger partial charge in [-0.25, -0.2) is 4.98 Å². The molecule has 0 saturated heterocycles. The second-order valence-corrected chi connectivity index (χ2v) is 6.13. The molecule has 0 aliphatic heterocycles. The van der Waals surface area contributed by atoms with Gasteiger partial charge in [0.05, 0.1) is 17.3 Å². The van der Waals surface area contributed by atoms with Crippen molar-refractivity contribution in [1.82, 2.24) is 9.36 Å². The van der Waals surface area contributed by atoms with Crippen LogP contribution in [0.25, 0.3) is 0 Å². The molecule has 0 spiro atoms. The van der Waals surface area contributed by atoms with Gasteiger partial charge in [-0.15, -0.1) is 0 Å². The van der Waals surface area contributed by atoms with Crippen molar-refractivity contribution < 1.29 is 9.53 Å². The molecule has 94 valence electrons. The third kappa shape index (κ3) is 3.30. The predicted octanol–water partition coefficient (Wildman–Crippen LogP) is 3.28. The molecule has 0 aliphatic rings. The van der Waals surface area contributed by atoms with Gasteiger partial charge in [-0.1, -0.05) is 11.8 Å². The largest absolute Gasteiger partial charge is 0.496 e. The Labute approximate surface area is 121 Å². The SMILES string of the molecule is COc1ccc(C(=O)CSc2ncns2)cc1Br. The Bertz CT molecular complexity index is 546. The van der Waals surface area contributed by atoms with E-state index in [4.69, 9.17) is 4.74 Å². The monoisotopic (exact) mass is 344 g/mol. The molecule has 7 heteroatoms. The summed E-state index contributed by atoms with van der Waals surface area (Å²) in [5.41, 5.74) is 0.652. The lowest BCUT2D eigenvalue weighted by Crippen LogP contribution is -2.02. The molecule has 0 bridgehead atoms. The number of carbonyl (C=O) groups excluding carboxylic acids is 1. The maximum atomic E-state index is 12.0. The van der Waals surface area contributed by atoms with Crippen molar-refractivity contribution >= 4 is 45.0 Å². The molecule has 0 unspecified atom stereocenters. The number of aromatic nitrogens is 2. The van der Waals surface area contributed by atoms with Crippen LogP contribution in [0.1, 0.15) is 10.4 Å². The molecular weight excluding hydrogens is 336 g/mol. The summed E-state index contributed by atoms with van der Waals surface area (Å²) in [6.07, 6.45) is 1.49. The molecule has 4 nitrogen and oxygen atoms in total.